The summed E-state index contributed by atoms with van der Waals surface area (Å²) in [5.41, 5.74) is 4.84. The maximum absolute atomic E-state index is 13.6. The van der Waals surface area contributed by atoms with Crippen molar-refractivity contribution >= 4 is 44.9 Å². The molecule has 1 amide bonds. The molecule has 0 fully saturated rings. The highest BCUT2D eigenvalue weighted by Crippen LogP contribution is 2.25. The lowest BCUT2D eigenvalue weighted by Crippen LogP contribution is -2.15. The number of amides is 1. The van der Waals surface area contributed by atoms with Crippen LogP contribution in [-0.4, -0.2) is 10.9 Å². The van der Waals surface area contributed by atoms with E-state index in [2.05, 4.69) is 26.2 Å². The first-order valence-corrected chi connectivity index (χ1v) is 6.42. The number of pyridine rings is 1. The maximum atomic E-state index is 13.6. The number of nitrogens with two attached hydrogens (primary N) is 1. The van der Waals surface area contributed by atoms with Crippen LogP contribution >= 0.6 is 27.5 Å². The summed E-state index contributed by atoms with van der Waals surface area (Å²) in [6.07, 6.45) is 1.18. The lowest BCUT2D eigenvalue weighted by molar-refractivity contribution is 0.102. The van der Waals surface area contributed by atoms with Gasteiger partial charge in [-0.15, -0.1) is 0 Å². The van der Waals surface area contributed by atoms with Crippen molar-refractivity contribution in [3.8, 4) is 0 Å². The molecule has 0 aliphatic rings. The van der Waals surface area contributed by atoms with Crippen LogP contribution in [0.4, 0.5) is 20.3 Å². The SMILES string of the molecule is Nc1cc(C(=O)Nc2c(F)cc(Br)cc2F)c(Cl)cn1. The molecule has 1 heterocycles. The largest absolute Gasteiger partial charge is 0.384 e. The van der Waals surface area contributed by atoms with Crippen LogP contribution in [0.2, 0.25) is 5.02 Å². The molecule has 2 rings (SSSR count). The zero-order chi connectivity index (χ0) is 14.9. The first-order valence-electron chi connectivity index (χ1n) is 5.25. The smallest absolute Gasteiger partial charge is 0.257 e. The Bertz CT molecular complexity index is 673. The number of hydrogen-bond acceptors (Lipinski definition) is 3. The van der Waals surface area contributed by atoms with Gasteiger partial charge in [-0.2, -0.15) is 0 Å². The quantitative estimate of drug-likeness (QED) is 0.857. The number of aromatic nitrogens is 1. The lowest BCUT2D eigenvalue weighted by atomic mass is 10.2. The number of rotatable bonds is 2. The van der Waals surface area contributed by atoms with E-state index in [1.165, 1.54) is 12.3 Å². The number of anilines is 2. The molecule has 0 spiro atoms. The molecule has 8 heteroatoms. The van der Waals surface area contributed by atoms with Gasteiger partial charge in [0.15, 0.2) is 11.6 Å². The van der Waals surface area contributed by atoms with E-state index in [0.29, 0.717) is 0 Å². The minimum Gasteiger partial charge on any atom is -0.384 e. The molecule has 0 bridgehead atoms. The van der Waals surface area contributed by atoms with E-state index in [1.807, 2.05) is 0 Å². The van der Waals surface area contributed by atoms with Crippen LogP contribution in [0.15, 0.2) is 28.9 Å². The highest BCUT2D eigenvalue weighted by molar-refractivity contribution is 9.10. The third-order valence-corrected chi connectivity index (χ3v) is 3.13. The second kappa shape index (κ2) is 5.72. The zero-order valence-corrected chi connectivity index (χ0v) is 12.1. The normalized spacial score (nSPS) is 10.4. The average Bonchev–Trinajstić information content (AvgIpc) is 2.36. The number of nitrogens with one attached hydrogen (secondary N) is 1. The Morgan fingerprint density at radius 2 is 1.90 bits per heavy atom. The Kier molecular flexibility index (Phi) is 4.20. The fraction of sp³-hybridized carbons (Fsp3) is 0. The van der Waals surface area contributed by atoms with Crippen LogP contribution in [0.25, 0.3) is 0 Å². The van der Waals surface area contributed by atoms with Crippen molar-refractivity contribution < 1.29 is 13.6 Å². The summed E-state index contributed by atoms with van der Waals surface area (Å²) >= 11 is 8.73. The van der Waals surface area contributed by atoms with Crippen LogP contribution < -0.4 is 11.1 Å². The van der Waals surface area contributed by atoms with Gasteiger partial charge in [-0.1, -0.05) is 27.5 Å². The maximum Gasteiger partial charge on any atom is 0.257 e. The Hall–Kier alpha value is -1.73. The van der Waals surface area contributed by atoms with Crippen molar-refractivity contribution in [2.24, 2.45) is 0 Å². The molecular weight excluding hydrogens is 356 g/mol. The van der Waals surface area contributed by atoms with Crippen molar-refractivity contribution in [1.82, 2.24) is 4.98 Å². The number of benzene rings is 1. The number of carbonyl (C=O) groups excluding carboxylic acids is 1. The van der Waals surface area contributed by atoms with E-state index in [4.69, 9.17) is 17.3 Å². The van der Waals surface area contributed by atoms with Crippen LogP contribution in [-0.2, 0) is 0 Å². The minimum atomic E-state index is -0.914. The van der Waals surface area contributed by atoms with Gasteiger partial charge >= 0.3 is 0 Å². The third kappa shape index (κ3) is 3.05. The highest BCUT2D eigenvalue weighted by Gasteiger charge is 2.17. The summed E-state index contributed by atoms with van der Waals surface area (Å²) in [5.74, 6) is -2.55. The zero-order valence-electron chi connectivity index (χ0n) is 9.75. The Labute approximate surface area is 126 Å². The van der Waals surface area contributed by atoms with Gasteiger partial charge in [0, 0.05) is 10.7 Å². The van der Waals surface area contributed by atoms with Gasteiger partial charge in [0.05, 0.1) is 10.6 Å². The average molecular weight is 363 g/mol. The standard InChI is InChI=1S/C12H7BrClF2N3O/c13-5-1-8(15)11(9(16)2-5)19-12(20)6-3-10(17)18-4-7(6)14/h1-4H,(H2,17,18)(H,19,20). The number of nitrogen functional groups attached to an aromatic ring is 1. The van der Waals surface area contributed by atoms with Gasteiger partial charge < -0.3 is 11.1 Å². The molecule has 0 saturated heterocycles. The molecular formula is C12H7BrClF2N3O. The summed E-state index contributed by atoms with van der Waals surface area (Å²) in [7, 11) is 0. The van der Waals surface area contributed by atoms with E-state index in [0.717, 1.165) is 12.1 Å². The first kappa shape index (κ1) is 14.7. The summed E-state index contributed by atoms with van der Waals surface area (Å²) in [6.45, 7) is 0. The minimum absolute atomic E-state index is 0.0228. The Morgan fingerprint density at radius 1 is 1.30 bits per heavy atom. The van der Waals surface area contributed by atoms with Gasteiger partial charge in [0.2, 0.25) is 0 Å². The molecule has 4 nitrogen and oxygen atoms in total. The van der Waals surface area contributed by atoms with Crippen LogP contribution in [0, 0.1) is 11.6 Å². The molecule has 0 unspecified atom stereocenters. The van der Waals surface area contributed by atoms with Crippen LogP contribution in [0.1, 0.15) is 10.4 Å². The predicted molar refractivity (Wildman–Crippen MR) is 75.7 cm³/mol. The van der Waals surface area contributed by atoms with Crippen molar-refractivity contribution in [3.63, 3.8) is 0 Å². The predicted octanol–water partition coefficient (Wildman–Crippen LogP) is 3.61. The van der Waals surface area contributed by atoms with Crippen molar-refractivity contribution in [2.45, 2.75) is 0 Å². The fourth-order valence-corrected chi connectivity index (χ4v) is 2.06. The van der Waals surface area contributed by atoms with Gasteiger partial charge in [-0.05, 0) is 18.2 Å². The fourth-order valence-electron chi connectivity index (χ4n) is 1.47. The van der Waals surface area contributed by atoms with E-state index in [9.17, 15) is 13.6 Å². The first-order chi connectivity index (χ1) is 9.38. The summed E-state index contributed by atoms with van der Waals surface area (Å²) in [4.78, 5) is 15.6. The third-order valence-electron chi connectivity index (χ3n) is 2.37. The molecule has 1 aromatic heterocycles. The summed E-state index contributed by atoms with van der Waals surface area (Å²) in [5, 5.41) is 2.14. The Balaban J connectivity index is 2.35. The molecule has 104 valence electrons. The molecule has 2 aromatic rings. The highest BCUT2D eigenvalue weighted by atomic mass is 79.9. The number of nitrogens with zero attached hydrogens (tertiary/aromatic N) is 1. The van der Waals surface area contributed by atoms with Crippen LogP contribution in [0.3, 0.4) is 0 Å². The molecule has 0 atom stereocenters. The second-order valence-electron chi connectivity index (χ2n) is 3.79. The Morgan fingerprint density at radius 3 is 2.50 bits per heavy atom. The number of hydrogen-bond donors (Lipinski definition) is 2. The van der Waals surface area contributed by atoms with E-state index < -0.39 is 23.2 Å². The molecule has 0 aliphatic carbocycles. The molecule has 3 N–H and O–H groups in total. The van der Waals surface area contributed by atoms with Crippen molar-refractivity contribution in [2.75, 3.05) is 11.1 Å². The molecule has 0 saturated carbocycles. The lowest BCUT2D eigenvalue weighted by Gasteiger charge is -2.09. The van der Waals surface area contributed by atoms with Gasteiger partial charge in [0.1, 0.15) is 11.5 Å². The molecule has 20 heavy (non-hydrogen) atoms. The van der Waals surface area contributed by atoms with E-state index in [-0.39, 0.29) is 20.9 Å². The number of carbonyl (C=O) groups is 1. The molecule has 0 aliphatic heterocycles. The van der Waals surface area contributed by atoms with Crippen LogP contribution in [0.5, 0.6) is 0 Å². The summed E-state index contributed by atoms with van der Waals surface area (Å²) in [6, 6.07) is 3.27. The monoisotopic (exact) mass is 361 g/mol. The molecule has 1 aromatic carbocycles. The number of halogens is 4. The van der Waals surface area contributed by atoms with Gasteiger partial charge in [0.25, 0.3) is 5.91 Å². The molecule has 0 radical (unpaired) electrons. The van der Waals surface area contributed by atoms with E-state index >= 15 is 0 Å². The second-order valence-corrected chi connectivity index (χ2v) is 5.11. The van der Waals surface area contributed by atoms with Crippen molar-refractivity contribution in [3.05, 3.63) is 51.1 Å². The van der Waals surface area contributed by atoms with E-state index in [1.54, 1.807) is 0 Å². The van der Waals surface area contributed by atoms with Gasteiger partial charge in [-0.25, -0.2) is 13.8 Å². The summed E-state index contributed by atoms with van der Waals surface area (Å²) < 4.78 is 27.4. The topological polar surface area (TPSA) is 68.0 Å². The van der Waals surface area contributed by atoms with Gasteiger partial charge in [-0.3, -0.25) is 4.79 Å². The van der Waals surface area contributed by atoms with Crippen molar-refractivity contribution in [1.29, 1.82) is 0 Å².